The maximum Gasteiger partial charge on any atom is 0.348 e. The molecule has 2 saturated carbocycles. The van der Waals surface area contributed by atoms with Crippen molar-refractivity contribution in [1.82, 2.24) is 0 Å². The number of carbonyl (C=O) groups is 3. The van der Waals surface area contributed by atoms with Gasteiger partial charge in [-0.15, -0.1) is 0 Å². The number of hydrogen-bond donors (Lipinski definition) is 2. The lowest BCUT2D eigenvalue weighted by Crippen LogP contribution is -2.54. The first kappa shape index (κ1) is 61.8. The molecule has 9 nitrogen and oxygen atoms in total. The second-order valence-electron chi connectivity index (χ2n) is 17.6. The number of hydrogen-bond acceptors (Lipinski definition) is 12. The number of aliphatic carboxylic acids is 1. The summed E-state index contributed by atoms with van der Waals surface area (Å²) in [4.78, 5) is 37.4. The zero-order chi connectivity index (χ0) is 55.6. The summed E-state index contributed by atoms with van der Waals surface area (Å²) < 4.78 is 84.0. The van der Waals surface area contributed by atoms with E-state index in [0.29, 0.717) is 69.5 Å². The summed E-state index contributed by atoms with van der Waals surface area (Å²) in [5, 5.41) is 21.7. The van der Waals surface area contributed by atoms with E-state index in [0.717, 1.165) is 37.9 Å². The summed E-state index contributed by atoms with van der Waals surface area (Å²) >= 11 is 28.5. The third-order valence-corrected chi connectivity index (χ3v) is 12.9. The third-order valence-electron chi connectivity index (χ3n) is 12.4. The van der Waals surface area contributed by atoms with E-state index in [2.05, 4.69) is 44.8 Å². The van der Waals surface area contributed by atoms with Crippen LogP contribution < -0.4 is 9.47 Å². The van der Waals surface area contributed by atoms with Gasteiger partial charge in [0.1, 0.15) is 17.6 Å². The van der Waals surface area contributed by atoms with Crippen LogP contribution in [0, 0.1) is 23.5 Å². The van der Waals surface area contributed by atoms with Crippen molar-refractivity contribution in [3.63, 3.8) is 0 Å². The summed E-state index contributed by atoms with van der Waals surface area (Å²) in [6, 6.07) is 38.1. The molecule has 6 atom stereocenters. The molecule has 0 radical (unpaired) electrons. The first-order valence-electron chi connectivity index (χ1n) is 23.3. The predicted octanol–water partition coefficient (Wildman–Crippen LogP) is 13.0. The van der Waals surface area contributed by atoms with Gasteiger partial charge in [-0.25, -0.2) is 27.2 Å². The van der Waals surface area contributed by atoms with Crippen molar-refractivity contribution in [3.8, 4) is 23.0 Å². The van der Waals surface area contributed by atoms with Gasteiger partial charge in [0.15, 0.2) is 29.2 Å². The Kier molecular flexibility index (Phi) is 24.1. The quantitative estimate of drug-likeness (QED) is 0.0590. The Labute approximate surface area is 473 Å². The van der Waals surface area contributed by atoms with Gasteiger partial charge >= 0.3 is 17.9 Å². The predicted molar refractivity (Wildman–Crippen MR) is 300 cm³/mol. The Morgan fingerprint density at radius 2 is 1.01 bits per heavy atom. The van der Waals surface area contributed by atoms with Crippen LogP contribution in [0.2, 0.25) is 10.0 Å². The van der Waals surface area contributed by atoms with E-state index < -0.39 is 64.9 Å². The summed E-state index contributed by atoms with van der Waals surface area (Å²) in [6.45, 7) is 1.15. The van der Waals surface area contributed by atoms with Crippen LogP contribution in [0.5, 0.6) is 23.0 Å². The molecule has 0 saturated heterocycles. The van der Waals surface area contributed by atoms with Crippen molar-refractivity contribution >= 4 is 104 Å². The first-order valence-corrected chi connectivity index (χ1v) is 29.3. The van der Waals surface area contributed by atoms with Gasteiger partial charge in [-0.3, -0.25) is 4.79 Å². The summed E-state index contributed by atoms with van der Waals surface area (Å²) in [5.41, 5.74) is -3.88. The van der Waals surface area contributed by atoms with Crippen molar-refractivity contribution in [2.24, 2.45) is 11.8 Å². The average Bonchev–Trinajstić information content (AvgIpc) is 4.35. The maximum atomic E-state index is 17.3. The highest BCUT2D eigenvalue weighted by atomic mass is 35.5. The largest absolute Gasteiger partial charge is 0.479 e. The van der Waals surface area contributed by atoms with Gasteiger partial charge in [0, 0.05) is 104 Å². The van der Waals surface area contributed by atoms with Crippen molar-refractivity contribution < 1.29 is 61.1 Å². The number of methoxy groups -OCH3 is 1. The van der Waals surface area contributed by atoms with E-state index >= 15 is 8.78 Å². The number of benzene rings is 6. The van der Waals surface area contributed by atoms with E-state index in [1.54, 1.807) is 109 Å². The van der Waals surface area contributed by atoms with Gasteiger partial charge in [-0.05, 0) is 133 Å². The molecular weight excluding hydrogens is 1140 g/mol. The van der Waals surface area contributed by atoms with Crippen LogP contribution in [-0.2, 0) is 99.2 Å². The fourth-order valence-electron chi connectivity index (χ4n) is 8.81. The van der Waals surface area contributed by atoms with Crippen molar-refractivity contribution in [2.75, 3.05) is 7.11 Å². The maximum absolute atomic E-state index is 17.3. The monoisotopic (exact) mass is 1190 g/mol. The zero-order valence-corrected chi connectivity index (χ0v) is 46.9. The molecule has 21 heteroatoms. The van der Waals surface area contributed by atoms with E-state index in [1.807, 2.05) is 0 Å². The van der Waals surface area contributed by atoms with Crippen molar-refractivity contribution in [1.29, 1.82) is 0 Å². The fourth-order valence-corrected chi connectivity index (χ4v) is 9.06. The zero-order valence-electron chi connectivity index (χ0n) is 40.5. The highest BCUT2D eigenvalue weighted by Gasteiger charge is 2.61. The van der Waals surface area contributed by atoms with Gasteiger partial charge in [-0.2, -0.15) is 0 Å². The molecule has 8 rings (SSSR count). The number of ether oxygens (including phenoxy) is 4. The molecule has 76 heavy (non-hydrogen) atoms. The van der Waals surface area contributed by atoms with Crippen molar-refractivity contribution in [3.05, 3.63) is 190 Å². The molecule has 0 spiro atoms. The molecule has 2 fully saturated rings. The molecule has 6 aromatic rings. The molecular formula is C55H50Cl2F4O9S6. The third kappa shape index (κ3) is 17.0. The van der Waals surface area contributed by atoms with Crippen LogP contribution in [0.4, 0.5) is 17.6 Å². The fraction of sp³-hybridized carbons (Fsp3) is 0.291. The SMILES string of the molecule is COC(=O)C(F)(C(Cc1ccc(F)c(Oc2ccccc2)c1)OC(C)=O)[C@H](c1ccc(Cl)cc1)C1CC1.O=C(O)C(F)(C(O)Cc1ccc(F)c(Oc2ccccc2)c1)[C@H](c1ccc(Cl)cc1)C1CC1.S=S=S.S=S=S. The van der Waals surface area contributed by atoms with Gasteiger partial charge < -0.3 is 29.2 Å². The van der Waals surface area contributed by atoms with E-state index in [-0.39, 0.29) is 36.2 Å². The van der Waals surface area contributed by atoms with Crippen LogP contribution in [0.25, 0.3) is 0 Å². The number of carbonyl (C=O) groups excluding carboxylic acids is 2. The van der Waals surface area contributed by atoms with Crippen LogP contribution in [0.1, 0.15) is 66.7 Å². The molecule has 0 bridgehead atoms. The molecule has 6 aromatic carbocycles. The Balaban J connectivity index is 0.000000256. The van der Waals surface area contributed by atoms with Crippen LogP contribution in [-0.4, -0.2) is 58.8 Å². The van der Waals surface area contributed by atoms with E-state index in [1.165, 1.54) is 30.3 Å². The summed E-state index contributed by atoms with van der Waals surface area (Å²) in [7, 11) is 2.93. The Bertz CT molecular complexity index is 2960. The molecule has 0 aliphatic heterocycles. The summed E-state index contributed by atoms with van der Waals surface area (Å²) in [5.74, 6) is -6.57. The van der Waals surface area contributed by atoms with Crippen LogP contribution in [0.15, 0.2) is 146 Å². The van der Waals surface area contributed by atoms with Gasteiger partial charge in [0.05, 0.1) is 7.11 Å². The number of esters is 2. The highest BCUT2D eigenvalue weighted by Crippen LogP contribution is 2.53. The minimum absolute atomic E-state index is 0.0794. The molecule has 4 unspecified atom stereocenters. The number of carboxylic acid groups (broad SMARTS) is 1. The van der Waals surface area contributed by atoms with Crippen LogP contribution >= 0.6 is 23.2 Å². The molecule has 2 N–H and O–H groups in total. The van der Waals surface area contributed by atoms with Gasteiger partial charge in [0.25, 0.3) is 5.67 Å². The second-order valence-corrected chi connectivity index (χ2v) is 22.0. The number of aliphatic hydroxyl groups is 1. The lowest BCUT2D eigenvalue weighted by atomic mass is 9.75. The number of aliphatic hydroxyl groups excluding tert-OH is 1. The Hall–Kier alpha value is -5.09. The Morgan fingerprint density at radius 1 is 0.632 bits per heavy atom. The molecule has 2 aliphatic rings. The molecule has 2 aliphatic carbocycles. The molecule has 0 heterocycles. The number of rotatable bonds is 19. The number of halogens is 6. The van der Waals surface area contributed by atoms with E-state index in [9.17, 15) is 33.4 Å². The number of alkyl halides is 2. The molecule has 402 valence electrons. The standard InChI is InChI=1S/C29H27ClF2O5.C26H23ClF2O4.2S3/c1-18(33)36-26(17-19-8-15-24(31)25(16-19)37-23-6-4-3-5-7-23)29(32,28(34)35-2)27(20-9-10-20)21-11-13-22(30)14-12-21;27-19-11-9-18(10-12-19)24(17-7-8-17)26(29,25(31)32)23(30)15-16-6-13-21(28)22(14-16)33-20-4-2-1-3-5-20;2*1-3-2/h3-8,11-16,20,26-27H,9-10,17H2,1-2H3;1-6,9-14,17,23-24,30H,7-8,15H2,(H,31,32);;/t26?,27-,29?;23?,24-,26?;;/m00../s1. The lowest BCUT2D eigenvalue weighted by Gasteiger charge is -2.37. The second kappa shape index (κ2) is 29.6. The Morgan fingerprint density at radius 3 is 1.37 bits per heavy atom. The smallest absolute Gasteiger partial charge is 0.348 e. The summed E-state index contributed by atoms with van der Waals surface area (Å²) in [6.07, 6.45) is -1.21. The molecule has 0 amide bonds. The first-order chi connectivity index (χ1) is 36.3. The minimum atomic E-state index is -2.94. The minimum Gasteiger partial charge on any atom is -0.479 e. The molecule has 0 aromatic heterocycles. The van der Waals surface area contributed by atoms with Gasteiger partial charge in [0.2, 0.25) is 5.67 Å². The number of carboxylic acids is 1. The number of para-hydroxylation sites is 2. The normalized spacial score (nSPS) is 15.6. The van der Waals surface area contributed by atoms with Crippen LogP contribution in [0.3, 0.4) is 0 Å². The lowest BCUT2D eigenvalue weighted by molar-refractivity contribution is -0.177. The topological polar surface area (TPSA) is 129 Å². The average molecular weight is 1190 g/mol. The van der Waals surface area contributed by atoms with Crippen molar-refractivity contribution in [2.45, 2.75) is 80.8 Å². The van der Waals surface area contributed by atoms with E-state index in [4.69, 9.17) is 42.1 Å². The van der Waals surface area contributed by atoms with Gasteiger partial charge in [-0.1, -0.05) is 96.0 Å². The highest BCUT2D eigenvalue weighted by molar-refractivity contribution is 8.37.